The largest absolute Gasteiger partial charge is 0.379 e. The van der Waals surface area contributed by atoms with Crippen molar-refractivity contribution in [3.8, 4) is 0 Å². The molecule has 0 amide bonds. The van der Waals surface area contributed by atoms with Crippen LogP contribution in [-0.2, 0) is 11.3 Å². The van der Waals surface area contributed by atoms with Gasteiger partial charge in [-0.1, -0.05) is 30.3 Å². The quantitative estimate of drug-likeness (QED) is 0.224. The highest BCUT2D eigenvalue weighted by Gasteiger charge is 2.21. The van der Waals surface area contributed by atoms with Crippen LogP contribution in [0.5, 0.6) is 0 Å². The van der Waals surface area contributed by atoms with E-state index in [0.717, 1.165) is 51.1 Å². The van der Waals surface area contributed by atoms with Crippen molar-refractivity contribution in [2.24, 2.45) is 10.9 Å². The van der Waals surface area contributed by atoms with Crippen molar-refractivity contribution in [1.29, 1.82) is 0 Å². The minimum Gasteiger partial charge on any atom is -0.379 e. The second-order valence-electron chi connectivity index (χ2n) is 7.45. The van der Waals surface area contributed by atoms with Crippen LogP contribution in [0, 0.1) is 5.92 Å². The molecule has 0 heterocycles. The molecule has 154 valence electrons. The van der Waals surface area contributed by atoms with Gasteiger partial charge < -0.3 is 15.0 Å². The molecular weight excluding hydrogens is 451 g/mol. The molecule has 0 aliphatic heterocycles. The van der Waals surface area contributed by atoms with E-state index in [1.54, 1.807) is 0 Å². The Balaban J connectivity index is 0.00000364. The first-order valence-electron chi connectivity index (χ1n) is 9.83. The lowest BCUT2D eigenvalue weighted by atomic mass is 10.1. The van der Waals surface area contributed by atoms with Gasteiger partial charge in [0.25, 0.3) is 0 Å². The van der Waals surface area contributed by atoms with Crippen molar-refractivity contribution in [3.63, 3.8) is 0 Å². The number of nitrogens with zero attached hydrogens (tertiary/aromatic N) is 3. The van der Waals surface area contributed by atoms with Crippen molar-refractivity contribution in [2.75, 3.05) is 47.4 Å². The minimum atomic E-state index is 0. The Hall–Kier alpha value is -0.860. The van der Waals surface area contributed by atoms with Crippen molar-refractivity contribution < 1.29 is 4.74 Å². The third kappa shape index (κ3) is 9.76. The lowest BCUT2D eigenvalue weighted by Crippen LogP contribution is -2.42. The van der Waals surface area contributed by atoms with E-state index in [9.17, 15) is 0 Å². The lowest BCUT2D eigenvalue weighted by Gasteiger charge is -2.26. The summed E-state index contributed by atoms with van der Waals surface area (Å²) in [4.78, 5) is 8.93. The van der Waals surface area contributed by atoms with Gasteiger partial charge >= 0.3 is 0 Å². The number of aliphatic imine (C=N–C) groups is 1. The van der Waals surface area contributed by atoms with Gasteiger partial charge in [0.15, 0.2) is 5.96 Å². The molecule has 1 aromatic rings. The monoisotopic (exact) mass is 488 g/mol. The number of halogens is 1. The Kier molecular flexibility index (Phi) is 11.9. The van der Waals surface area contributed by atoms with E-state index < -0.39 is 0 Å². The number of likely N-dealkylation sites (N-methyl/N-ethyl adjacent to an activating group) is 1. The molecule has 5 nitrogen and oxygen atoms in total. The van der Waals surface area contributed by atoms with Gasteiger partial charge in [-0.25, -0.2) is 0 Å². The molecule has 0 aromatic heterocycles. The predicted molar refractivity (Wildman–Crippen MR) is 125 cm³/mol. The first kappa shape index (κ1) is 24.2. The number of hydrogen-bond donors (Lipinski definition) is 1. The van der Waals surface area contributed by atoms with Crippen molar-refractivity contribution in [1.82, 2.24) is 15.1 Å². The number of ether oxygens (including phenoxy) is 1. The Labute approximate surface area is 182 Å². The number of nitrogens with one attached hydrogen (secondary N) is 1. The summed E-state index contributed by atoms with van der Waals surface area (Å²) in [5, 5.41) is 3.47. The number of guanidine groups is 1. The molecule has 0 spiro atoms. The smallest absolute Gasteiger partial charge is 0.193 e. The van der Waals surface area contributed by atoms with Gasteiger partial charge in [0.05, 0.1) is 6.61 Å². The summed E-state index contributed by atoms with van der Waals surface area (Å²) in [6, 6.07) is 11.1. The van der Waals surface area contributed by atoms with Crippen LogP contribution in [0.4, 0.5) is 0 Å². The first-order chi connectivity index (χ1) is 12.6. The van der Waals surface area contributed by atoms with Crippen LogP contribution in [0.3, 0.4) is 0 Å². The molecule has 2 rings (SSSR count). The average molecular weight is 488 g/mol. The van der Waals surface area contributed by atoms with Gasteiger partial charge in [-0.05, 0) is 44.7 Å². The number of hydrogen-bond acceptors (Lipinski definition) is 3. The zero-order valence-electron chi connectivity index (χ0n) is 17.4. The molecule has 1 unspecified atom stereocenters. The molecular formula is C21H37IN4O. The van der Waals surface area contributed by atoms with E-state index in [1.807, 2.05) is 7.05 Å². The maximum absolute atomic E-state index is 5.72. The normalized spacial score (nSPS) is 15.4. The summed E-state index contributed by atoms with van der Waals surface area (Å²) in [5.74, 6) is 1.77. The van der Waals surface area contributed by atoms with Crippen LogP contribution in [0.1, 0.15) is 31.7 Å². The summed E-state index contributed by atoms with van der Waals surface area (Å²) < 4.78 is 5.72. The Morgan fingerprint density at radius 3 is 2.59 bits per heavy atom. The number of rotatable bonds is 11. The highest BCUT2D eigenvalue weighted by molar-refractivity contribution is 14.0. The van der Waals surface area contributed by atoms with Crippen LogP contribution >= 0.6 is 24.0 Å². The molecule has 0 saturated heterocycles. The third-order valence-corrected chi connectivity index (χ3v) is 5.07. The summed E-state index contributed by atoms with van der Waals surface area (Å²) >= 11 is 0. The molecule has 6 heteroatoms. The fraction of sp³-hybridized carbons (Fsp3) is 0.667. The van der Waals surface area contributed by atoms with E-state index in [4.69, 9.17) is 4.74 Å². The Morgan fingerprint density at radius 2 is 1.96 bits per heavy atom. The van der Waals surface area contributed by atoms with E-state index in [-0.39, 0.29) is 24.0 Å². The van der Waals surface area contributed by atoms with E-state index in [2.05, 4.69) is 71.5 Å². The van der Waals surface area contributed by atoms with Gasteiger partial charge in [0, 0.05) is 46.4 Å². The number of benzene rings is 1. The fourth-order valence-electron chi connectivity index (χ4n) is 2.87. The topological polar surface area (TPSA) is 40.1 Å². The van der Waals surface area contributed by atoms with E-state index >= 15 is 0 Å². The second kappa shape index (κ2) is 13.3. The predicted octanol–water partition coefficient (Wildman–Crippen LogP) is 3.45. The van der Waals surface area contributed by atoms with Gasteiger partial charge in [-0.2, -0.15) is 0 Å². The van der Waals surface area contributed by atoms with Crippen LogP contribution in [0.2, 0.25) is 0 Å². The summed E-state index contributed by atoms with van der Waals surface area (Å²) in [5.41, 5.74) is 1.36. The lowest BCUT2D eigenvalue weighted by molar-refractivity contribution is 0.115. The first-order valence-corrected chi connectivity index (χ1v) is 9.83. The molecule has 0 radical (unpaired) electrons. The van der Waals surface area contributed by atoms with Crippen LogP contribution < -0.4 is 5.32 Å². The van der Waals surface area contributed by atoms with Gasteiger partial charge in [0.2, 0.25) is 0 Å². The van der Waals surface area contributed by atoms with E-state index in [1.165, 1.54) is 18.4 Å². The standard InChI is InChI=1S/C21H36N4O.HI/c1-18(25(4)16-19-8-6-5-7-9-19)12-13-23-21(22-2)24(3)14-15-26-17-20-10-11-20;/h5-9,18,20H,10-17H2,1-4H3,(H,22,23);1H. The molecule has 1 aliphatic rings. The second-order valence-corrected chi connectivity index (χ2v) is 7.45. The van der Waals surface area contributed by atoms with E-state index in [0.29, 0.717) is 6.04 Å². The summed E-state index contributed by atoms with van der Waals surface area (Å²) in [6.07, 6.45) is 3.76. The zero-order chi connectivity index (χ0) is 18.8. The third-order valence-electron chi connectivity index (χ3n) is 5.07. The zero-order valence-corrected chi connectivity index (χ0v) is 19.7. The molecule has 1 fully saturated rings. The maximum atomic E-state index is 5.72. The maximum Gasteiger partial charge on any atom is 0.193 e. The highest BCUT2D eigenvalue weighted by Crippen LogP contribution is 2.28. The van der Waals surface area contributed by atoms with Crippen molar-refractivity contribution >= 4 is 29.9 Å². The van der Waals surface area contributed by atoms with Crippen LogP contribution in [0.15, 0.2) is 35.3 Å². The molecule has 1 N–H and O–H groups in total. The van der Waals surface area contributed by atoms with Crippen molar-refractivity contribution in [2.45, 2.75) is 38.8 Å². The Morgan fingerprint density at radius 1 is 1.26 bits per heavy atom. The van der Waals surface area contributed by atoms with Gasteiger partial charge in [0.1, 0.15) is 0 Å². The molecule has 1 atom stereocenters. The van der Waals surface area contributed by atoms with Gasteiger partial charge in [-0.3, -0.25) is 9.89 Å². The Bertz CT molecular complexity index is 536. The fourth-order valence-corrected chi connectivity index (χ4v) is 2.87. The molecule has 0 bridgehead atoms. The average Bonchev–Trinajstić information content (AvgIpc) is 3.47. The molecule has 27 heavy (non-hydrogen) atoms. The summed E-state index contributed by atoms with van der Waals surface area (Å²) in [7, 11) is 6.10. The van der Waals surface area contributed by atoms with Crippen LogP contribution in [0.25, 0.3) is 0 Å². The van der Waals surface area contributed by atoms with Crippen molar-refractivity contribution in [3.05, 3.63) is 35.9 Å². The highest BCUT2D eigenvalue weighted by atomic mass is 127. The van der Waals surface area contributed by atoms with Gasteiger partial charge in [-0.15, -0.1) is 24.0 Å². The molecule has 1 aliphatic carbocycles. The molecule has 1 aromatic carbocycles. The minimum absolute atomic E-state index is 0. The summed E-state index contributed by atoms with van der Waals surface area (Å²) in [6.45, 7) is 6.74. The SMILES string of the molecule is CN=C(NCCC(C)N(C)Cc1ccccc1)N(C)CCOCC1CC1.I. The molecule has 1 saturated carbocycles. The van der Waals surface area contributed by atoms with Crippen LogP contribution in [-0.4, -0.2) is 69.2 Å².